The van der Waals surface area contributed by atoms with Crippen molar-refractivity contribution in [3.05, 3.63) is 74.2 Å². The van der Waals surface area contributed by atoms with Crippen molar-refractivity contribution >= 4 is 40.6 Å². The first-order valence-electron chi connectivity index (χ1n) is 11.6. The van der Waals surface area contributed by atoms with Crippen molar-refractivity contribution in [1.82, 2.24) is 4.98 Å². The van der Waals surface area contributed by atoms with Gasteiger partial charge in [0.25, 0.3) is 0 Å². The van der Waals surface area contributed by atoms with E-state index in [4.69, 9.17) is 0 Å². The molecule has 3 heterocycles. The van der Waals surface area contributed by atoms with E-state index < -0.39 is 0 Å². The molecule has 1 aromatic heterocycles. The standard InChI is InChI=1S/C26H22N2O4S2/c1-11-2-6-13(7-3-11)28-24(30)19-15-10-16(20(19)25(28)31)21-18(15)17(12-4-8-14(29)9-5-12)22-23(33-21)27-26(32)34-22/h2-9,15-21,29H,10H2,1H3,(H,27,32)/t15-,16-,17+,18-,19-,20+,21-/m1/s1. The number of hydrogen-bond donors (Lipinski definition) is 2. The highest BCUT2D eigenvalue weighted by Crippen LogP contribution is 2.68. The summed E-state index contributed by atoms with van der Waals surface area (Å²) in [5.41, 5.74) is 2.78. The summed E-state index contributed by atoms with van der Waals surface area (Å²) in [7, 11) is 0. The zero-order valence-electron chi connectivity index (χ0n) is 18.3. The molecule has 2 saturated carbocycles. The van der Waals surface area contributed by atoms with Crippen LogP contribution in [0, 0.1) is 36.5 Å². The third kappa shape index (κ3) is 2.66. The van der Waals surface area contributed by atoms with Crippen LogP contribution in [0.25, 0.3) is 0 Å². The number of aromatic hydroxyl groups is 1. The number of phenolic OH excluding ortho intramolecular Hbond substituents is 1. The molecule has 8 heteroatoms. The van der Waals surface area contributed by atoms with Crippen LogP contribution in [0.15, 0.2) is 58.4 Å². The number of anilines is 1. The fourth-order valence-electron chi connectivity index (χ4n) is 7.02. The second-order valence-corrected chi connectivity index (χ2v) is 12.1. The van der Waals surface area contributed by atoms with Gasteiger partial charge in [0.05, 0.1) is 22.5 Å². The average Bonchev–Trinajstić information content (AvgIpc) is 3.54. The van der Waals surface area contributed by atoms with E-state index in [-0.39, 0.29) is 63.2 Å². The molecule has 0 unspecified atom stereocenters. The Morgan fingerprint density at radius 1 is 0.941 bits per heavy atom. The Labute approximate surface area is 204 Å². The minimum absolute atomic E-state index is 0.0296. The number of aryl methyl sites for hydroxylation is 1. The van der Waals surface area contributed by atoms with Crippen molar-refractivity contribution in [3.63, 3.8) is 0 Å². The van der Waals surface area contributed by atoms with Crippen LogP contribution in [0.3, 0.4) is 0 Å². The largest absolute Gasteiger partial charge is 0.508 e. The zero-order chi connectivity index (χ0) is 23.3. The molecule has 4 aliphatic rings. The molecule has 2 aliphatic heterocycles. The summed E-state index contributed by atoms with van der Waals surface area (Å²) < 4.78 is 0. The van der Waals surface area contributed by atoms with Crippen LogP contribution in [0.4, 0.5) is 5.69 Å². The molecular weight excluding hydrogens is 468 g/mol. The van der Waals surface area contributed by atoms with Gasteiger partial charge in [-0.3, -0.25) is 19.3 Å². The number of amides is 2. The quantitative estimate of drug-likeness (QED) is 0.527. The summed E-state index contributed by atoms with van der Waals surface area (Å²) >= 11 is 2.93. The summed E-state index contributed by atoms with van der Waals surface area (Å²) in [6, 6.07) is 14.8. The molecule has 2 aromatic carbocycles. The number of thioether (sulfide) groups is 1. The fourth-order valence-corrected chi connectivity index (χ4v) is 9.91. The number of nitrogens with one attached hydrogen (secondary N) is 1. The van der Waals surface area contributed by atoms with Crippen LogP contribution >= 0.6 is 23.1 Å². The molecule has 2 bridgehead atoms. The summed E-state index contributed by atoms with van der Waals surface area (Å²) in [6.45, 7) is 1.99. The summed E-state index contributed by atoms with van der Waals surface area (Å²) in [4.78, 5) is 45.0. The van der Waals surface area contributed by atoms with Gasteiger partial charge in [-0.1, -0.05) is 41.2 Å². The third-order valence-electron chi connectivity index (χ3n) is 8.27. The second-order valence-electron chi connectivity index (χ2n) is 9.90. The number of carbonyl (C=O) groups excluding carboxylic acids is 2. The summed E-state index contributed by atoms with van der Waals surface area (Å²) in [5, 5.41) is 10.9. The van der Waals surface area contributed by atoms with Crippen LogP contribution in [-0.4, -0.2) is 27.2 Å². The van der Waals surface area contributed by atoms with Gasteiger partial charge in [0.2, 0.25) is 11.8 Å². The number of hydrogen-bond acceptors (Lipinski definition) is 6. The lowest BCUT2D eigenvalue weighted by Crippen LogP contribution is -2.42. The van der Waals surface area contributed by atoms with E-state index in [1.54, 1.807) is 23.9 Å². The highest BCUT2D eigenvalue weighted by Gasteiger charge is 2.69. The molecule has 0 spiro atoms. The van der Waals surface area contributed by atoms with Crippen LogP contribution in [0.5, 0.6) is 5.75 Å². The lowest BCUT2D eigenvalue weighted by atomic mass is 9.68. The van der Waals surface area contributed by atoms with Gasteiger partial charge >= 0.3 is 4.87 Å². The van der Waals surface area contributed by atoms with Crippen LogP contribution in [0.2, 0.25) is 0 Å². The number of thiazole rings is 1. The van der Waals surface area contributed by atoms with E-state index in [1.165, 1.54) is 16.2 Å². The lowest BCUT2D eigenvalue weighted by molar-refractivity contribution is -0.123. The minimum atomic E-state index is -0.308. The first-order chi connectivity index (χ1) is 16.4. The number of nitrogens with zero attached hydrogens (tertiary/aromatic N) is 1. The number of imide groups is 1. The number of H-pyrrole nitrogens is 1. The number of fused-ring (bicyclic) bond motifs is 9. The zero-order valence-corrected chi connectivity index (χ0v) is 19.9. The molecular formula is C26H22N2O4S2. The second kappa shape index (κ2) is 7.09. The molecule has 2 amide bonds. The van der Waals surface area contributed by atoms with Gasteiger partial charge in [0, 0.05) is 16.0 Å². The molecule has 0 radical (unpaired) electrons. The molecule has 3 aromatic rings. The Balaban J connectivity index is 1.32. The van der Waals surface area contributed by atoms with Crippen molar-refractivity contribution in [1.29, 1.82) is 0 Å². The first kappa shape index (κ1) is 20.5. The van der Waals surface area contributed by atoms with E-state index in [0.717, 1.165) is 27.5 Å². The monoisotopic (exact) mass is 490 g/mol. The topological polar surface area (TPSA) is 90.5 Å². The number of carbonyl (C=O) groups is 2. The van der Waals surface area contributed by atoms with Crippen molar-refractivity contribution in [2.24, 2.45) is 29.6 Å². The molecule has 2 N–H and O–H groups in total. The summed E-state index contributed by atoms with van der Waals surface area (Å²) in [5.74, 6) is -0.226. The van der Waals surface area contributed by atoms with Crippen LogP contribution < -0.4 is 9.77 Å². The molecule has 172 valence electrons. The number of aromatic amines is 1. The Kier molecular flexibility index (Phi) is 4.28. The highest BCUT2D eigenvalue weighted by atomic mass is 32.2. The van der Waals surface area contributed by atoms with Crippen LogP contribution in [0.1, 0.15) is 28.3 Å². The van der Waals surface area contributed by atoms with Crippen molar-refractivity contribution in [2.75, 3.05) is 4.90 Å². The number of rotatable bonds is 2. The normalized spacial score (nSPS) is 33.2. The molecule has 7 atom stereocenters. The van der Waals surface area contributed by atoms with E-state index in [1.807, 2.05) is 43.3 Å². The predicted octanol–water partition coefficient (Wildman–Crippen LogP) is 4.13. The fraction of sp³-hybridized carbons (Fsp3) is 0.346. The van der Waals surface area contributed by atoms with Crippen molar-refractivity contribution in [2.45, 2.75) is 29.5 Å². The molecule has 34 heavy (non-hydrogen) atoms. The van der Waals surface area contributed by atoms with Gasteiger partial charge in [-0.15, -0.1) is 11.8 Å². The maximum absolute atomic E-state index is 13.7. The minimum Gasteiger partial charge on any atom is -0.508 e. The Morgan fingerprint density at radius 2 is 1.62 bits per heavy atom. The Morgan fingerprint density at radius 3 is 2.32 bits per heavy atom. The van der Waals surface area contributed by atoms with Crippen LogP contribution in [-0.2, 0) is 9.59 Å². The Hall–Kier alpha value is -2.84. The lowest BCUT2D eigenvalue weighted by Gasteiger charge is -2.43. The van der Waals surface area contributed by atoms with E-state index >= 15 is 0 Å². The van der Waals surface area contributed by atoms with Gasteiger partial charge in [-0.2, -0.15) is 0 Å². The Bertz CT molecular complexity index is 1390. The van der Waals surface area contributed by atoms with Crippen molar-refractivity contribution < 1.29 is 14.7 Å². The molecule has 3 fully saturated rings. The highest BCUT2D eigenvalue weighted by molar-refractivity contribution is 8.00. The van der Waals surface area contributed by atoms with Gasteiger partial charge in [-0.25, -0.2) is 0 Å². The molecule has 1 saturated heterocycles. The van der Waals surface area contributed by atoms with E-state index in [2.05, 4.69) is 4.98 Å². The maximum atomic E-state index is 13.7. The maximum Gasteiger partial charge on any atom is 0.305 e. The van der Waals surface area contributed by atoms with Gasteiger partial charge in [0.1, 0.15) is 5.75 Å². The van der Waals surface area contributed by atoms with Gasteiger partial charge < -0.3 is 10.1 Å². The first-order valence-corrected chi connectivity index (χ1v) is 13.2. The number of benzene rings is 2. The molecule has 7 rings (SSSR count). The summed E-state index contributed by atoms with van der Waals surface area (Å²) in [6.07, 6.45) is 0.866. The van der Waals surface area contributed by atoms with Crippen molar-refractivity contribution in [3.8, 4) is 5.75 Å². The van der Waals surface area contributed by atoms with Gasteiger partial charge in [-0.05, 0) is 60.9 Å². The van der Waals surface area contributed by atoms with E-state index in [9.17, 15) is 19.5 Å². The number of phenols is 1. The molecule has 2 aliphatic carbocycles. The smallest absolute Gasteiger partial charge is 0.305 e. The molecule has 6 nitrogen and oxygen atoms in total. The van der Waals surface area contributed by atoms with Gasteiger partial charge in [0.15, 0.2) is 0 Å². The van der Waals surface area contributed by atoms with E-state index in [0.29, 0.717) is 5.69 Å². The predicted molar refractivity (Wildman–Crippen MR) is 130 cm³/mol. The third-order valence-corrected chi connectivity index (χ3v) is 10.9. The average molecular weight is 491 g/mol. The number of aromatic nitrogens is 1. The SMILES string of the molecule is Cc1ccc(N2C(=O)[C@@H]3[C@@H]4C[C@@H]([C@H]5Sc6[nH]c(=O)sc6[C@@H](c6ccc(O)cc6)[C@@H]45)[C@@H]3C2=O)cc1.